The first kappa shape index (κ1) is 8.40. The molecule has 0 saturated heterocycles. The number of fused-ring (bicyclic) bond motifs is 1. The Kier molecular flexibility index (Phi) is 1.56. The number of imidazole rings is 1. The fourth-order valence-electron chi connectivity index (χ4n) is 1.73. The van der Waals surface area contributed by atoms with Crippen molar-refractivity contribution < 1.29 is 4.92 Å². The van der Waals surface area contributed by atoms with Crippen LogP contribution in [0.25, 0.3) is 11.0 Å². The highest BCUT2D eigenvalue weighted by atomic mass is 16.6. The lowest BCUT2D eigenvalue weighted by Crippen LogP contribution is -1.88. The van der Waals surface area contributed by atoms with Crippen LogP contribution < -0.4 is 0 Å². The molecule has 0 atom stereocenters. The average molecular weight is 203 g/mol. The summed E-state index contributed by atoms with van der Waals surface area (Å²) in [5.41, 5.74) is 1.31. The highest BCUT2D eigenvalue weighted by Gasteiger charge is 2.28. The molecule has 5 heteroatoms. The van der Waals surface area contributed by atoms with Crippen molar-refractivity contribution in [3.63, 3.8) is 0 Å². The van der Waals surface area contributed by atoms with E-state index in [1.54, 1.807) is 6.07 Å². The van der Waals surface area contributed by atoms with E-state index in [0.29, 0.717) is 11.4 Å². The number of aromatic amines is 1. The number of nitrogens with zero attached hydrogens (tertiary/aromatic N) is 2. The third-order valence-corrected chi connectivity index (χ3v) is 2.67. The van der Waals surface area contributed by atoms with Gasteiger partial charge in [-0.3, -0.25) is 10.1 Å². The van der Waals surface area contributed by atoms with E-state index in [1.165, 1.54) is 6.07 Å². The number of hydrogen-bond acceptors (Lipinski definition) is 3. The molecule has 1 N–H and O–H groups in total. The van der Waals surface area contributed by atoms with Crippen molar-refractivity contribution in [3.8, 4) is 0 Å². The second-order valence-corrected chi connectivity index (χ2v) is 3.83. The molecular weight excluding hydrogens is 194 g/mol. The Morgan fingerprint density at radius 3 is 2.93 bits per heavy atom. The van der Waals surface area contributed by atoms with Gasteiger partial charge in [0, 0.05) is 12.0 Å². The van der Waals surface area contributed by atoms with E-state index in [2.05, 4.69) is 9.97 Å². The Hall–Kier alpha value is -1.91. The molecule has 1 fully saturated rings. The van der Waals surface area contributed by atoms with Crippen LogP contribution in [0.2, 0.25) is 0 Å². The Morgan fingerprint density at radius 1 is 1.47 bits per heavy atom. The van der Waals surface area contributed by atoms with Crippen LogP contribution in [0.4, 0.5) is 5.69 Å². The lowest BCUT2D eigenvalue weighted by molar-refractivity contribution is -0.383. The SMILES string of the molecule is O=[N+]([O-])c1cccc2[nH]c(C3CC3)nc12. The number of hydrogen-bond donors (Lipinski definition) is 1. The van der Waals surface area contributed by atoms with Crippen molar-refractivity contribution in [1.82, 2.24) is 9.97 Å². The monoisotopic (exact) mass is 203 g/mol. The molecule has 1 heterocycles. The molecule has 0 spiro atoms. The molecule has 76 valence electrons. The summed E-state index contributed by atoms with van der Waals surface area (Å²) in [5.74, 6) is 1.37. The smallest absolute Gasteiger partial charge is 0.297 e. The number of nitrogens with one attached hydrogen (secondary N) is 1. The molecule has 0 bridgehead atoms. The van der Waals surface area contributed by atoms with Crippen LogP contribution in [0, 0.1) is 10.1 Å². The summed E-state index contributed by atoms with van der Waals surface area (Å²) in [6, 6.07) is 4.98. The van der Waals surface area contributed by atoms with Crippen molar-refractivity contribution in [1.29, 1.82) is 0 Å². The molecule has 2 aromatic rings. The van der Waals surface area contributed by atoms with E-state index >= 15 is 0 Å². The molecule has 0 unspecified atom stereocenters. The van der Waals surface area contributed by atoms with Gasteiger partial charge in [0.15, 0.2) is 5.52 Å². The first-order valence-corrected chi connectivity index (χ1v) is 4.89. The summed E-state index contributed by atoms with van der Waals surface area (Å²) in [4.78, 5) is 17.8. The number of non-ortho nitro benzene ring substituents is 1. The molecule has 5 nitrogen and oxygen atoms in total. The van der Waals surface area contributed by atoms with E-state index in [0.717, 1.165) is 24.2 Å². The van der Waals surface area contributed by atoms with Gasteiger partial charge in [-0.25, -0.2) is 4.98 Å². The Balaban J connectivity index is 2.23. The average Bonchev–Trinajstić information content (AvgIpc) is 2.96. The van der Waals surface area contributed by atoms with Crippen LogP contribution in [-0.2, 0) is 0 Å². The largest absolute Gasteiger partial charge is 0.342 e. The summed E-state index contributed by atoms with van der Waals surface area (Å²) >= 11 is 0. The second kappa shape index (κ2) is 2.79. The van der Waals surface area contributed by atoms with Gasteiger partial charge >= 0.3 is 0 Å². The van der Waals surface area contributed by atoms with Crippen molar-refractivity contribution >= 4 is 16.7 Å². The van der Waals surface area contributed by atoms with E-state index in [-0.39, 0.29) is 10.6 Å². The van der Waals surface area contributed by atoms with Crippen molar-refractivity contribution in [2.24, 2.45) is 0 Å². The maximum absolute atomic E-state index is 10.8. The third-order valence-electron chi connectivity index (χ3n) is 2.67. The summed E-state index contributed by atoms with van der Waals surface area (Å²) in [6.45, 7) is 0. The molecule has 3 rings (SSSR count). The number of nitro groups is 1. The van der Waals surface area contributed by atoms with Crippen LogP contribution in [0.1, 0.15) is 24.6 Å². The van der Waals surface area contributed by atoms with Gasteiger partial charge in [-0.1, -0.05) is 6.07 Å². The summed E-state index contributed by atoms with van der Waals surface area (Å²) in [5, 5.41) is 10.8. The summed E-state index contributed by atoms with van der Waals surface area (Å²) in [6.07, 6.45) is 2.27. The zero-order chi connectivity index (χ0) is 10.4. The van der Waals surface area contributed by atoms with Gasteiger partial charge in [0.2, 0.25) is 0 Å². The van der Waals surface area contributed by atoms with Crippen LogP contribution >= 0.6 is 0 Å². The normalized spacial score (nSPS) is 15.7. The van der Waals surface area contributed by atoms with Crippen LogP contribution in [-0.4, -0.2) is 14.9 Å². The van der Waals surface area contributed by atoms with Crippen LogP contribution in [0.3, 0.4) is 0 Å². The number of aromatic nitrogens is 2. The van der Waals surface area contributed by atoms with E-state index in [9.17, 15) is 10.1 Å². The number of H-pyrrole nitrogens is 1. The Bertz CT molecular complexity index is 543. The van der Waals surface area contributed by atoms with Gasteiger partial charge in [-0.05, 0) is 18.9 Å². The lowest BCUT2D eigenvalue weighted by atomic mass is 10.3. The number of benzene rings is 1. The number of rotatable bonds is 2. The molecule has 1 aliphatic rings. The fourth-order valence-corrected chi connectivity index (χ4v) is 1.73. The Labute approximate surface area is 85.3 Å². The Morgan fingerprint density at radius 2 is 2.27 bits per heavy atom. The molecule has 0 amide bonds. The first-order chi connectivity index (χ1) is 7.25. The first-order valence-electron chi connectivity index (χ1n) is 4.89. The van der Waals surface area contributed by atoms with Gasteiger partial charge < -0.3 is 4.98 Å². The minimum Gasteiger partial charge on any atom is -0.342 e. The van der Waals surface area contributed by atoms with Gasteiger partial charge in [-0.15, -0.1) is 0 Å². The molecule has 1 aromatic carbocycles. The van der Waals surface area contributed by atoms with E-state index in [1.807, 2.05) is 6.07 Å². The lowest BCUT2D eigenvalue weighted by Gasteiger charge is -1.90. The quantitative estimate of drug-likeness (QED) is 0.601. The molecule has 0 radical (unpaired) electrons. The minimum atomic E-state index is -0.389. The van der Waals surface area contributed by atoms with Crippen LogP contribution in [0.15, 0.2) is 18.2 Å². The van der Waals surface area contributed by atoms with Gasteiger partial charge in [0.1, 0.15) is 5.82 Å². The molecule has 15 heavy (non-hydrogen) atoms. The maximum atomic E-state index is 10.8. The molecule has 0 aliphatic heterocycles. The van der Waals surface area contributed by atoms with Gasteiger partial charge in [0.05, 0.1) is 10.4 Å². The van der Waals surface area contributed by atoms with E-state index in [4.69, 9.17) is 0 Å². The highest BCUT2D eigenvalue weighted by Crippen LogP contribution is 2.39. The van der Waals surface area contributed by atoms with Gasteiger partial charge in [-0.2, -0.15) is 0 Å². The van der Waals surface area contributed by atoms with Crippen LogP contribution in [0.5, 0.6) is 0 Å². The number of nitro benzene ring substituents is 1. The van der Waals surface area contributed by atoms with Crippen molar-refractivity contribution in [2.75, 3.05) is 0 Å². The molecular formula is C10H9N3O2. The standard InChI is InChI=1S/C10H9N3O2/c14-13(15)8-3-1-2-7-9(8)12-10(11-7)6-4-5-6/h1-3,6H,4-5H2,(H,11,12). The fraction of sp³-hybridized carbons (Fsp3) is 0.300. The minimum absolute atomic E-state index is 0.0793. The number of para-hydroxylation sites is 1. The molecule has 1 aliphatic carbocycles. The maximum Gasteiger partial charge on any atom is 0.297 e. The van der Waals surface area contributed by atoms with Crippen molar-refractivity contribution in [3.05, 3.63) is 34.1 Å². The predicted octanol–water partition coefficient (Wildman–Crippen LogP) is 2.35. The zero-order valence-corrected chi connectivity index (χ0v) is 7.93. The second-order valence-electron chi connectivity index (χ2n) is 3.83. The van der Waals surface area contributed by atoms with Gasteiger partial charge in [0.25, 0.3) is 5.69 Å². The predicted molar refractivity (Wildman–Crippen MR) is 54.7 cm³/mol. The van der Waals surface area contributed by atoms with E-state index < -0.39 is 0 Å². The topological polar surface area (TPSA) is 71.8 Å². The third kappa shape index (κ3) is 1.27. The molecule has 1 saturated carbocycles. The highest BCUT2D eigenvalue weighted by molar-refractivity contribution is 5.84. The zero-order valence-electron chi connectivity index (χ0n) is 7.93. The summed E-state index contributed by atoms with van der Waals surface area (Å²) < 4.78 is 0. The summed E-state index contributed by atoms with van der Waals surface area (Å²) in [7, 11) is 0. The molecule has 1 aromatic heterocycles. The van der Waals surface area contributed by atoms with Crippen molar-refractivity contribution in [2.45, 2.75) is 18.8 Å².